The third kappa shape index (κ3) is 4.44. The fourth-order valence-electron chi connectivity index (χ4n) is 3.24. The van der Waals surface area contributed by atoms with Crippen molar-refractivity contribution < 1.29 is 14.2 Å². The van der Waals surface area contributed by atoms with Crippen molar-refractivity contribution in [3.05, 3.63) is 78.9 Å². The van der Waals surface area contributed by atoms with Gasteiger partial charge in [-0.15, -0.1) is 0 Å². The van der Waals surface area contributed by atoms with Crippen molar-refractivity contribution in [1.29, 1.82) is 0 Å². The van der Waals surface area contributed by atoms with Crippen LogP contribution in [-0.2, 0) is 0 Å². The van der Waals surface area contributed by atoms with Crippen LogP contribution in [0.25, 0.3) is 11.0 Å². The molecule has 0 saturated carbocycles. The average molecular weight is 443 g/mol. The number of fused-ring (bicyclic) bond motifs is 1. The van der Waals surface area contributed by atoms with Crippen molar-refractivity contribution >= 4 is 40.0 Å². The summed E-state index contributed by atoms with van der Waals surface area (Å²) < 4.78 is 20.5. The molecule has 3 aromatic heterocycles. The summed E-state index contributed by atoms with van der Waals surface area (Å²) >= 11 is 0. The first-order chi connectivity index (χ1) is 16.0. The number of phenols is 1. The molecule has 0 aliphatic heterocycles. The summed E-state index contributed by atoms with van der Waals surface area (Å²) in [6.07, 6.45) is 3.33. The Morgan fingerprint density at radius 2 is 1.61 bits per heavy atom. The summed E-state index contributed by atoms with van der Waals surface area (Å²) in [6.45, 7) is 0. The van der Waals surface area contributed by atoms with Gasteiger partial charge >= 0.3 is 0 Å². The van der Waals surface area contributed by atoms with Crippen molar-refractivity contribution in [2.75, 3.05) is 16.4 Å². The van der Waals surface area contributed by atoms with E-state index < -0.39 is 5.82 Å². The van der Waals surface area contributed by atoms with E-state index in [9.17, 15) is 9.50 Å². The topological polar surface area (TPSA) is 134 Å². The Bertz CT molecular complexity index is 1440. The van der Waals surface area contributed by atoms with Crippen LogP contribution < -0.4 is 21.1 Å². The lowest BCUT2D eigenvalue weighted by Crippen LogP contribution is -2.03. The van der Waals surface area contributed by atoms with Gasteiger partial charge in [0.25, 0.3) is 0 Å². The van der Waals surface area contributed by atoms with Gasteiger partial charge in [-0.3, -0.25) is 0 Å². The first-order valence-electron chi connectivity index (χ1n) is 9.91. The number of H-pyrrole nitrogens is 1. The molecule has 0 aliphatic rings. The molecule has 0 aliphatic carbocycles. The van der Waals surface area contributed by atoms with Crippen LogP contribution in [0.3, 0.4) is 0 Å². The van der Waals surface area contributed by atoms with Gasteiger partial charge in [-0.05, 0) is 48.5 Å². The number of aromatic nitrogens is 4. The molecule has 0 spiro atoms. The zero-order valence-electron chi connectivity index (χ0n) is 17.1. The van der Waals surface area contributed by atoms with E-state index in [1.165, 1.54) is 12.1 Å². The van der Waals surface area contributed by atoms with Gasteiger partial charge in [0, 0.05) is 35.9 Å². The van der Waals surface area contributed by atoms with Crippen molar-refractivity contribution in [2.45, 2.75) is 0 Å². The number of rotatable bonds is 6. The molecule has 0 atom stereocenters. The minimum atomic E-state index is -0.551. The zero-order chi connectivity index (χ0) is 22.8. The first-order valence-corrected chi connectivity index (χ1v) is 9.91. The minimum Gasteiger partial charge on any atom is -0.508 e. The third-order valence-corrected chi connectivity index (χ3v) is 4.73. The number of hydrogen-bond donors (Lipinski definition) is 5. The highest BCUT2D eigenvalue weighted by Crippen LogP contribution is 2.32. The van der Waals surface area contributed by atoms with Crippen molar-refractivity contribution in [3.63, 3.8) is 0 Å². The lowest BCUT2D eigenvalue weighted by Gasteiger charge is -2.12. The van der Waals surface area contributed by atoms with Gasteiger partial charge in [-0.1, -0.05) is 0 Å². The van der Waals surface area contributed by atoms with Gasteiger partial charge in [0.15, 0.2) is 11.6 Å². The number of nitrogens with zero attached hydrogens (tertiary/aromatic N) is 3. The highest BCUT2D eigenvalue weighted by molar-refractivity contribution is 5.82. The lowest BCUT2D eigenvalue weighted by atomic mass is 10.2. The maximum absolute atomic E-state index is 14.8. The van der Waals surface area contributed by atoms with Crippen LogP contribution in [0.2, 0.25) is 0 Å². The molecular weight excluding hydrogens is 425 g/mol. The molecule has 5 aromatic rings. The number of phenolic OH excluding ortho intramolecular Hbond substituents is 1. The number of pyridine rings is 1. The number of aromatic amines is 1. The molecule has 0 unspecified atom stereocenters. The number of nitrogens with two attached hydrogens (primary N) is 1. The van der Waals surface area contributed by atoms with E-state index in [2.05, 4.69) is 30.6 Å². The standard InChI is InChI=1S/C23H18FN7O2/c24-17-11-14(3-6-19(17)33-18-8-10-27-22-16(18)7-9-26-22)29-21-12-20(30-23(25)31-21)28-13-1-4-15(32)5-2-13/h1-12,32H,(H,26,27)(H4,25,28,29,30,31). The summed E-state index contributed by atoms with van der Waals surface area (Å²) in [4.78, 5) is 15.5. The maximum atomic E-state index is 14.8. The molecule has 6 N–H and O–H groups in total. The fraction of sp³-hybridized carbons (Fsp3) is 0. The SMILES string of the molecule is Nc1nc(Nc2ccc(O)cc2)cc(Nc2ccc(Oc3ccnc4[nH]ccc34)c(F)c2)n1. The molecule has 0 amide bonds. The largest absolute Gasteiger partial charge is 0.508 e. The molecule has 5 rings (SSSR count). The van der Waals surface area contributed by atoms with E-state index >= 15 is 0 Å². The maximum Gasteiger partial charge on any atom is 0.223 e. The minimum absolute atomic E-state index is 0.0370. The molecule has 2 aromatic carbocycles. The molecule has 0 saturated heterocycles. The Balaban J connectivity index is 1.34. The second kappa shape index (κ2) is 8.35. The van der Waals surface area contributed by atoms with Gasteiger partial charge in [-0.25, -0.2) is 9.37 Å². The summed E-state index contributed by atoms with van der Waals surface area (Å²) in [5.74, 6) is 1.02. The molecule has 0 radical (unpaired) electrons. The van der Waals surface area contributed by atoms with Gasteiger partial charge in [-0.2, -0.15) is 9.97 Å². The fourth-order valence-corrected chi connectivity index (χ4v) is 3.24. The van der Waals surface area contributed by atoms with Gasteiger partial charge < -0.3 is 31.2 Å². The van der Waals surface area contributed by atoms with E-state index in [-0.39, 0.29) is 17.4 Å². The summed E-state index contributed by atoms with van der Waals surface area (Å²) in [6, 6.07) is 16.1. The predicted molar refractivity (Wildman–Crippen MR) is 124 cm³/mol. The molecule has 0 bridgehead atoms. The summed E-state index contributed by atoms with van der Waals surface area (Å²) in [5.41, 5.74) is 7.64. The molecule has 0 fully saturated rings. The molecule has 33 heavy (non-hydrogen) atoms. The van der Waals surface area contributed by atoms with Crippen molar-refractivity contribution in [2.24, 2.45) is 0 Å². The van der Waals surface area contributed by atoms with Crippen LogP contribution >= 0.6 is 0 Å². The first kappa shape index (κ1) is 20.1. The van der Waals surface area contributed by atoms with Gasteiger partial charge in [0.2, 0.25) is 5.95 Å². The molecule has 3 heterocycles. The molecule has 164 valence electrons. The predicted octanol–water partition coefficient (Wildman–Crippen LogP) is 5.06. The Labute approximate surface area is 187 Å². The van der Waals surface area contributed by atoms with E-state index in [1.54, 1.807) is 54.9 Å². The second-order valence-corrected chi connectivity index (χ2v) is 7.09. The Morgan fingerprint density at radius 3 is 2.36 bits per heavy atom. The van der Waals surface area contributed by atoms with Crippen molar-refractivity contribution in [1.82, 2.24) is 19.9 Å². The van der Waals surface area contributed by atoms with Gasteiger partial charge in [0.05, 0.1) is 5.39 Å². The van der Waals surface area contributed by atoms with Crippen LogP contribution in [-0.4, -0.2) is 25.0 Å². The molecular formula is C23H18FN7O2. The normalized spacial score (nSPS) is 10.8. The molecule has 10 heteroatoms. The number of benzene rings is 2. The number of nitrogen functional groups attached to an aromatic ring is 1. The Kier molecular flexibility index (Phi) is 5.07. The number of anilines is 5. The Morgan fingerprint density at radius 1 is 0.879 bits per heavy atom. The van der Waals surface area contributed by atoms with Gasteiger partial charge in [0.1, 0.15) is 28.8 Å². The van der Waals surface area contributed by atoms with Crippen LogP contribution in [0.15, 0.2) is 73.1 Å². The third-order valence-electron chi connectivity index (χ3n) is 4.73. The lowest BCUT2D eigenvalue weighted by molar-refractivity contribution is 0.446. The van der Waals surface area contributed by atoms with E-state index in [4.69, 9.17) is 10.5 Å². The summed E-state index contributed by atoms with van der Waals surface area (Å²) in [5, 5.41) is 16.3. The van der Waals surface area contributed by atoms with E-state index in [1.807, 2.05) is 6.07 Å². The number of nitrogens with one attached hydrogen (secondary N) is 3. The van der Waals surface area contributed by atoms with Crippen LogP contribution in [0.1, 0.15) is 0 Å². The number of ether oxygens (including phenoxy) is 1. The quantitative estimate of drug-likeness (QED) is 0.230. The molecule has 9 nitrogen and oxygen atoms in total. The van der Waals surface area contributed by atoms with E-state index in [0.29, 0.717) is 34.4 Å². The number of halogens is 1. The highest BCUT2D eigenvalue weighted by Gasteiger charge is 2.11. The van der Waals surface area contributed by atoms with Crippen LogP contribution in [0, 0.1) is 5.82 Å². The highest BCUT2D eigenvalue weighted by atomic mass is 19.1. The second-order valence-electron chi connectivity index (χ2n) is 7.09. The number of aromatic hydroxyl groups is 1. The summed E-state index contributed by atoms with van der Waals surface area (Å²) in [7, 11) is 0. The Hall–Kier alpha value is -4.86. The number of hydrogen-bond acceptors (Lipinski definition) is 8. The van der Waals surface area contributed by atoms with Crippen LogP contribution in [0.5, 0.6) is 17.2 Å². The van der Waals surface area contributed by atoms with E-state index in [0.717, 1.165) is 5.39 Å². The van der Waals surface area contributed by atoms with Crippen LogP contribution in [0.4, 0.5) is 33.3 Å². The van der Waals surface area contributed by atoms with Crippen molar-refractivity contribution in [3.8, 4) is 17.2 Å². The smallest absolute Gasteiger partial charge is 0.223 e. The average Bonchev–Trinajstić information content (AvgIpc) is 3.27. The zero-order valence-corrected chi connectivity index (χ0v) is 17.1. The monoisotopic (exact) mass is 443 g/mol.